The van der Waals surface area contributed by atoms with Crippen molar-refractivity contribution in [2.45, 2.75) is 0 Å². The van der Waals surface area contributed by atoms with Gasteiger partial charge in [-0.05, 0) is 18.2 Å². The second kappa shape index (κ2) is 7.51. The molecule has 0 bridgehead atoms. The highest BCUT2D eigenvalue weighted by Gasteiger charge is 2.21. The van der Waals surface area contributed by atoms with Crippen molar-refractivity contribution in [2.75, 3.05) is 21.3 Å². The Morgan fingerprint density at radius 1 is 1.04 bits per heavy atom. The van der Waals surface area contributed by atoms with Crippen molar-refractivity contribution in [3.05, 3.63) is 48.3 Å². The summed E-state index contributed by atoms with van der Waals surface area (Å²) in [5.41, 5.74) is 0.679. The minimum absolute atomic E-state index is 0.0380. The predicted octanol–water partition coefficient (Wildman–Crippen LogP) is 2.26. The molecule has 0 saturated heterocycles. The van der Waals surface area contributed by atoms with Crippen molar-refractivity contribution in [1.82, 2.24) is 19.7 Å². The first-order valence-electron chi connectivity index (χ1n) is 7.52. The molecule has 0 aliphatic carbocycles. The molecule has 0 saturated carbocycles. The average molecular weight is 356 g/mol. The minimum Gasteiger partial charge on any atom is -0.481 e. The summed E-state index contributed by atoms with van der Waals surface area (Å²) in [7, 11) is 4.21. The van der Waals surface area contributed by atoms with E-state index in [1.54, 1.807) is 36.7 Å². The van der Waals surface area contributed by atoms with Gasteiger partial charge in [-0.3, -0.25) is 0 Å². The summed E-state index contributed by atoms with van der Waals surface area (Å²) in [6.45, 7) is 0. The molecule has 3 rings (SSSR count). The van der Waals surface area contributed by atoms with Gasteiger partial charge in [0.25, 0.3) is 0 Å². The molecule has 0 spiro atoms. The molecule has 26 heavy (non-hydrogen) atoms. The molecule has 0 aliphatic rings. The fourth-order valence-electron chi connectivity index (χ4n) is 2.25. The summed E-state index contributed by atoms with van der Waals surface area (Å²) in [6, 6.07) is 8.26. The zero-order valence-electron chi connectivity index (χ0n) is 14.4. The number of aromatic nitrogens is 4. The standard InChI is InChI=1S/C17H16N4O5/c1-23-13-10-14(24-2)20-17(19-13)26-12-7-4-6-11(15(12)16(22)25-3)21-9-5-8-18-21/h4-10H,1-3H3. The van der Waals surface area contributed by atoms with E-state index in [2.05, 4.69) is 15.1 Å². The Bertz CT molecular complexity index is 889. The molecule has 0 radical (unpaired) electrons. The number of carbonyl (C=O) groups excluding carboxylic acids is 1. The van der Waals surface area contributed by atoms with Gasteiger partial charge < -0.3 is 18.9 Å². The lowest BCUT2D eigenvalue weighted by molar-refractivity contribution is 0.0597. The van der Waals surface area contributed by atoms with Gasteiger partial charge in [-0.25, -0.2) is 9.48 Å². The van der Waals surface area contributed by atoms with Crippen molar-refractivity contribution >= 4 is 5.97 Å². The second-order valence-electron chi connectivity index (χ2n) is 4.93. The van der Waals surface area contributed by atoms with Crippen LogP contribution in [0.25, 0.3) is 5.69 Å². The molecule has 0 amide bonds. The Morgan fingerprint density at radius 3 is 2.35 bits per heavy atom. The van der Waals surface area contributed by atoms with E-state index < -0.39 is 5.97 Å². The van der Waals surface area contributed by atoms with Gasteiger partial charge in [-0.2, -0.15) is 15.1 Å². The summed E-state index contributed by atoms with van der Waals surface area (Å²) < 4.78 is 22.4. The smallest absolute Gasteiger partial charge is 0.343 e. The maximum Gasteiger partial charge on any atom is 0.343 e. The van der Waals surface area contributed by atoms with Crippen LogP contribution in [0.15, 0.2) is 42.7 Å². The first-order valence-corrected chi connectivity index (χ1v) is 7.52. The number of rotatable bonds is 6. The van der Waals surface area contributed by atoms with Crippen molar-refractivity contribution in [3.63, 3.8) is 0 Å². The Kier molecular flexibility index (Phi) is 4.97. The third-order valence-electron chi connectivity index (χ3n) is 3.42. The molecule has 3 aromatic rings. The van der Waals surface area contributed by atoms with Gasteiger partial charge in [0.15, 0.2) is 0 Å². The number of hydrogen-bond donors (Lipinski definition) is 0. The van der Waals surface area contributed by atoms with Crippen LogP contribution in [0.4, 0.5) is 0 Å². The third kappa shape index (κ3) is 3.41. The maximum atomic E-state index is 12.4. The average Bonchev–Trinajstić information content (AvgIpc) is 3.21. The fraction of sp³-hybridized carbons (Fsp3) is 0.176. The zero-order chi connectivity index (χ0) is 18.5. The summed E-state index contributed by atoms with van der Waals surface area (Å²) in [5, 5.41) is 4.15. The number of benzene rings is 1. The summed E-state index contributed by atoms with van der Waals surface area (Å²) in [6.07, 6.45) is 3.31. The molecule has 2 heterocycles. The zero-order valence-corrected chi connectivity index (χ0v) is 14.4. The SMILES string of the molecule is COC(=O)c1c(Oc2nc(OC)cc(OC)n2)cccc1-n1cccn1. The van der Waals surface area contributed by atoms with Gasteiger partial charge in [0, 0.05) is 12.4 Å². The van der Waals surface area contributed by atoms with Gasteiger partial charge in [-0.15, -0.1) is 0 Å². The van der Waals surface area contributed by atoms with Crippen LogP contribution in [-0.4, -0.2) is 47.0 Å². The molecule has 0 unspecified atom stereocenters. The third-order valence-corrected chi connectivity index (χ3v) is 3.42. The van der Waals surface area contributed by atoms with E-state index in [0.717, 1.165) is 0 Å². The fourth-order valence-corrected chi connectivity index (χ4v) is 2.25. The summed E-state index contributed by atoms with van der Waals surface area (Å²) in [5.74, 6) is 0.144. The second-order valence-corrected chi connectivity index (χ2v) is 4.93. The van der Waals surface area contributed by atoms with E-state index in [1.807, 2.05) is 0 Å². The first kappa shape index (κ1) is 17.2. The van der Waals surface area contributed by atoms with Crippen molar-refractivity contribution in [1.29, 1.82) is 0 Å². The van der Waals surface area contributed by atoms with Crippen molar-refractivity contribution in [2.24, 2.45) is 0 Å². The van der Waals surface area contributed by atoms with Gasteiger partial charge in [0.1, 0.15) is 11.3 Å². The normalized spacial score (nSPS) is 10.3. The monoisotopic (exact) mass is 356 g/mol. The molecule has 1 aromatic carbocycles. The number of ether oxygens (including phenoxy) is 4. The van der Waals surface area contributed by atoms with Crippen molar-refractivity contribution in [3.8, 4) is 29.2 Å². The highest BCUT2D eigenvalue weighted by atomic mass is 16.5. The molecule has 0 atom stereocenters. The molecule has 0 N–H and O–H groups in total. The van der Waals surface area contributed by atoms with Crippen LogP contribution in [-0.2, 0) is 4.74 Å². The van der Waals surface area contributed by atoms with Crippen LogP contribution >= 0.6 is 0 Å². The lowest BCUT2D eigenvalue weighted by Crippen LogP contribution is -2.10. The lowest BCUT2D eigenvalue weighted by atomic mass is 10.1. The Labute approximate surface area is 149 Å². The highest BCUT2D eigenvalue weighted by Crippen LogP contribution is 2.30. The first-order chi connectivity index (χ1) is 12.7. The van der Waals surface area contributed by atoms with E-state index in [-0.39, 0.29) is 29.1 Å². The molecule has 0 fully saturated rings. The van der Waals surface area contributed by atoms with Crippen LogP contribution in [0, 0.1) is 0 Å². The molecule has 2 aromatic heterocycles. The van der Waals surface area contributed by atoms with Crippen LogP contribution in [0.1, 0.15) is 10.4 Å². The number of esters is 1. The Hall–Kier alpha value is -3.62. The molecule has 0 aliphatic heterocycles. The van der Waals surface area contributed by atoms with Gasteiger partial charge in [0.05, 0.1) is 33.1 Å². The topological polar surface area (TPSA) is 97.6 Å². The van der Waals surface area contributed by atoms with E-state index in [1.165, 1.54) is 32.1 Å². The van der Waals surface area contributed by atoms with Gasteiger partial charge in [-0.1, -0.05) is 6.07 Å². The molecular weight excluding hydrogens is 340 g/mol. The Balaban J connectivity index is 2.08. The van der Waals surface area contributed by atoms with Crippen LogP contribution in [0.5, 0.6) is 23.5 Å². The molecule has 9 heteroatoms. The van der Waals surface area contributed by atoms with Crippen LogP contribution in [0.3, 0.4) is 0 Å². The lowest BCUT2D eigenvalue weighted by Gasteiger charge is -2.13. The van der Waals surface area contributed by atoms with Gasteiger partial charge >= 0.3 is 12.0 Å². The summed E-state index contributed by atoms with van der Waals surface area (Å²) in [4.78, 5) is 20.6. The van der Waals surface area contributed by atoms with E-state index in [4.69, 9.17) is 18.9 Å². The van der Waals surface area contributed by atoms with Gasteiger partial charge in [0.2, 0.25) is 11.8 Å². The molecule has 134 valence electrons. The van der Waals surface area contributed by atoms with Crippen LogP contribution in [0.2, 0.25) is 0 Å². The number of nitrogens with zero attached hydrogens (tertiary/aromatic N) is 4. The highest BCUT2D eigenvalue weighted by molar-refractivity contribution is 5.96. The number of hydrogen-bond acceptors (Lipinski definition) is 8. The molecular formula is C17H16N4O5. The van der Waals surface area contributed by atoms with E-state index in [9.17, 15) is 4.79 Å². The number of methoxy groups -OCH3 is 3. The van der Waals surface area contributed by atoms with Crippen molar-refractivity contribution < 1.29 is 23.7 Å². The minimum atomic E-state index is -0.582. The predicted molar refractivity (Wildman–Crippen MR) is 90.1 cm³/mol. The maximum absolute atomic E-state index is 12.4. The largest absolute Gasteiger partial charge is 0.481 e. The quantitative estimate of drug-likeness (QED) is 0.620. The number of carbonyl (C=O) groups is 1. The van der Waals surface area contributed by atoms with Crippen LogP contribution < -0.4 is 14.2 Å². The molecule has 9 nitrogen and oxygen atoms in total. The Morgan fingerprint density at radius 2 is 1.77 bits per heavy atom. The van der Waals surface area contributed by atoms with E-state index >= 15 is 0 Å². The summed E-state index contributed by atoms with van der Waals surface area (Å²) >= 11 is 0. The van der Waals surface area contributed by atoms with E-state index in [0.29, 0.717) is 5.69 Å².